The minimum absolute atomic E-state index is 0.00643. The fourth-order valence-electron chi connectivity index (χ4n) is 3.83. The molecule has 29 heavy (non-hydrogen) atoms. The Kier molecular flexibility index (Phi) is 5.60. The van der Waals surface area contributed by atoms with Crippen LogP contribution in [0.5, 0.6) is 0 Å². The van der Waals surface area contributed by atoms with Crippen molar-refractivity contribution in [3.8, 4) is 11.1 Å². The lowest BCUT2D eigenvalue weighted by Gasteiger charge is -2.16. The summed E-state index contributed by atoms with van der Waals surface area (Å²) in [7, 11) is 0. The Morgan fingerprint density at radius 1 is 0.966 bits per heavy atom. The van der Waals surface area contributed by atoms with Crippen LogP contribution in [-0.2, 0) is 11.3 Å². The van der Waals surface area contributed by atoms with Crippen molar-refractivity contribution in [2.45, 2.75) is 18.6 Å². The third-order valence-electron chi connectivity index (χ3n) is 5.40. The van der Waals surface area contributed by atoms with E-state index in [1.807, 2.05) is 48.5 Å². The number of nitrogens with two attached hydrogens (primary N) is 1. The highest BCUT2D eigenvalue weighted by Crippen LogP contribution is 2.44. The van der Waals surface area contributed by atoms with Crippen LogP contribution in [-0.4, -0.2) is 24.4 Å². The summed E-state index contributed by atoms with van der Waals surface area (Å²) in [4.78, 5) is 12.2. The molecule has 1 atom stereocenters. The number of benzene rings is 3. The molecule has 4 rings (SSSR count). The number of fused-ring (bicyclic) bond motifs is 3. The van der Waals surface area contributed by atoms with Gasteiger partial charge < -0.3 is 20.9 Å². The molecule has 0 spiro atoms. The second kappa shape index (κ2) is 8.47. The average molecular weight is 388 g/mol. The Balaban J connectivity index is 1.35. The number of amides is 1. The van der Waals surface area contributed by atoms with Crippen LogP contribution in [0.2, 0.25) is 0 Å². The van der Waals surface area contributed by atoms with Crippen LogP contribution in [0.25, 0.3) is 11.1 Å². The lowest BCUT2D eigenvalue weighted by atomic mass is 9.98. The van der Waals surface area contributed by atoms with Gasteiger partial charge >= 0.3 is 6.09 Å². The smallest absolute Gasteiger partial charge is 0.407 e. The van der Waals surface area contributed by atoms with Crippen LogP contribution >= 0.6 is 0 Å². The molecule has 0 unspecified atom stereocenters. The molecule has 5 heteroatoms. The quantitative estimate of drug-likeness (QED) is 0.601. The summed E-state index contributed by atoms with van der Waals surface area (Å²) in [6, 6.07) is 23.5. The number of nitrogens with one attached hydrogen (secondary N) is 1. The van der Waals surface area contributed by atoms with Gasteiger partial charge in [0.1, 0.15) is 6.61 Å². The summed E-state index contributed by atoms with van der Waals surface area (Å²) in [6.07, 6.45) is -0.478. The largest absolute Gasteiger partial charge is 0.449 e. The molecule has 0 heterocycles. The highest BCUT2D eigenvalue weighted by Gasteiger charge is 2.29. The SMILES string of the molecule is N[C@H](CNC(=O)OCC1c2ccccc2-c2ccccc21)c1ccc(CO)cc1. The normalized spacial score (nSPS) is 13.4. The second-order valence-electron chi connectivity index (χ2n) is 7.21. The zero-order valence-electron chi connectivity index (χ0n) is 16.0. The minimum atomic E-state index is -0.478. The van der Waals surface area contributed by atoms with E-state index in [2.05, 4.69) is 29.6 Å². The van der Waals surface area contributed by atoms with Crippen LogP contribution in [0.1, 0.15) is 34.2 Å². The first-order chi connectivity index (χ1) is 14.2. The molecule has 0 bridgehead atoms. The molecule has 5 nitrogen and oxygen atoms in total. The maximum Gasteiger partial charge on any atom is 0.407 e. The second-order valence-corrected chi connectivity index (χ2v) is 7.21. The Morgan fingerprint density at radius 3 is 2.14 bits per heavy atom. The van der Waals surface area contributed by atoms with Crippen LogP contribution < -0.4 is 11.1 Å². The van der Waals surface area contributed by atoms with Crippen LogP contribution in [0.3, 0.4) is 0 Å². The molecule has 3 aromatic carbocycles. The number of carbonyl (C=O) groups excluding carboxylic acids is 1. The van der Waals surface area contributed by atoms with Gasteiger partial charge in [-0.1, -0.05) is 72.8 Å². The summed E-state index contributed by atoms with van der Waals surface area (Å²) in [5.41, 5.74) is 12.6. The lowest BCUT2D eigenvalue weighted by Crippen LogP contribution is -2.33. The van der Waals surface area contributed by atoms with Crippen LogP contribution in [0, 0.1) is 0 Å². The molecule has 3 aromatic rings. The lowest BCUT2D eigenvalue weighted by molar-refractivity contribution is 0.142. The van der Waals surface area contributed by atoms with Gasteiger partial charge in [-0.05, 0) is 33.4 Å². The number of hydrogen-bond donors (Lipinski definition) is 3. The first kappa shape index (κ1) is 19.2. The number of ether oxygens (including phenoxy) is 1. The van der Waals surface area contributed by atoms with Gasteiger partial charge in [0.2, 0.25) is 0 Å². The van der Waals surface area contributed by atoms with Gasteiger partial charge in [0.15, 0.2) is 0 Å². The highest BCUT2D eigenvalue weighted by atomic mass is 16.5. The molecule has 0 aliphatic heterocycles. The van der Waals surface area contributed by atoms with Crippen molar-refractivity contribution in [1.29, 1.82) is 0 Å². The number of aliphatic hydroxyl groups excluding tert-OH is 1. The van der Waals surface area contributed by atoms with Gasteiger partial charge in [-0.2, -0.15) is 0 Å². The molecular formula is C24H24N2O3. The standard InChI is InChI=1S/C24H24N2O3/c25-23(17-11-9-16(14-27)10-12-17)13-26-24(28)29-15-22-20-7-3-1-5-18(20)19-6-2-4-8-21(19)22/h1-12,22-23,27H,13-15,25H2,(H,26,28)/t23-/m1/s1. The van der Waals surface area contributed by atoms with Crippen molar-refractivity contribution in [2.24, 2.45) is 5.73 Å². The first-order valence-electron chi connectivity index (χ1n) is 9.71. The van der Waals surface area contributed by atoms with Gasteiger partial charge in [0, 0.05) is 18.5 Å². The molecule has 0 saturated carbocycles. The van der Waals surface area contributed by atoms with E-state index in [1.165, 1.54) is 22.3 Å². The van der Waals surface area contributed by atoms with Gasteiger partial charge in [-0.25, -0.2) is 4.79 Å². The molecule has 4 N–H and O–H groups in total. The summed E-state index contributed by atoms with van der Waals surface area (Å²) in [6.45, 7) is 0.545. The van der Waals surface area contributed by atoms with Crippen molar-refractivity contribution < 1.29 is 14.6 Å². The maximum absolute atomic E-state index is 12.2. The Morgan fingerprint density at radius 2 is 1.55 bits per heavy atom. The van der Waals surface area contributed by atoms with E-state index < -0.39 is 6.09 Å². The molecule has 148 valence electrons. The number of hydrogen-bond acceptors (Lipinski definition) is 4. The number of rotatable bonds is 6. The molecule has 0 fully saturated rings. The van der Waals surface area contributed by atoms with Crippen LogP contribution in [0.15, 0.2) is 72.8 Å². The molecule has 0 aromatic heterocycles. The Bertz CT molecular complexity index is 956. The first-order valence-corrected chi connectivity index (χ1v) is 9.71. The molecule has 0 radical (unpaired) electrons. The number of aliphatic hydroxyl groups is 1. The highest BCUT2D eigenvalue weighted by molar-refractivity contribution is 5.79. The fraction of sp³-hybridized carbons (Fsp3) is 0.208. The third-order valence-corrected chi connectivity index (χ3v) is 5.40. The molecular weight excluding hydrogens is 364 g/mol. The van der Waals surface area contributed by atoms with Gasteiger partial charge in [0.25, 0.3) is 0 Å². The van der Waals surface area contributed by atoms with Crippen LogP contribution in [0.4, 0.5) is 4.79 Å². The molecule has 1 aliphatic rings. The van der Waals surface area contributed by atoms with Crippen molar-refractivity contribution in [3.05, 3.63) is 95.1 Å². The predicted molar refractivity (Wildman–Crippen MR) is 112 cm³/mol. The average Bonchev–Trinajstić information content (AvgIpc) is 3.10. The number of alkyl carbamates (subject to hydrolysis) is 1. The van der Waals surface area contributed by atoms with Crippen molar-refractivity contribution in [3.63, 3.8) is 0 Å². The summed E-state index contributed by atoms with van der Waals surface area (Å²) < 4.78 is 5.52. The van der Waals surface area contributed by atoms with Crippen molar-refractivity contribution in [1.82, 2.24) is 5.32 Å². The maximum atomic E-state index is 12.2. The minimum Gasteiger partial charge on any atom is -0.449 e. The van der Waals surface area contributed by atoms with Gasteiger partial charge in [0.05, 0.1) is 6.61 Å². The van der Waals surface area contributed by atoms with E-state index in [0.29, 0.717) is 0 Å². The summed E-state index contributed by atoms with van der Waals surface area (Å²) >= 11 is 0. The molecule has 1 amide bonds. The van der Waals surface area contributed by atoms with E-state index >= 15 is 0 Å². The van der Waals surface area contributed by atoms with Gasteiger partial charge in [-0.15, -0.1) is 0 Å². The summed E-state index contributed by atoms with van der Waals surface area (Å²) in [5, 5.41) is 11.9. The fourth-order valence-corrected chi connectivity index (χ4v) is 3.83. The Labute approximate surface area is 170 Å². The van der Waals surface area contributed by atoms with E-state index in [-0.39, 0.29) is 31.7 Å². The number of carbonyl (C=O) groups is 1. The Hall–Kier alpha value is -3.15. The topological polar surface area (TPSA) is 84.6 Å². The zero-order chi connectivity index (χ0) is 20.2. The third kappa shape index (κ3) is 4.01. The van der Waals surface area contributed by atoms with Gasteiger partial charge in [-0.3, -0.25) is 0 Å². The molecule has 0 saturated heterocycles. The monoisotopic (exact) mass is 388 g/mol. The van der Waals surface area contributed by atoms with E-state index in [9.17, 15) is 4.79 Å². The van der Waals surface area contributed by atoms with E-state index in [4.69, 9.17) is 15.6 Å². The van der Waals surface area contributed by atoms with Crippen molar-refractivity contribution in [2.75, 3.05) is 13.2 Å². The summed E-state index contributed by atoms with van der Waals surface area (Å²) in [5.74, 6) is 0.0350. The molecule has 1 aliphatic carbocycles. The zero-order valence-corrected chi connectivity index (χ0v) is 16.0. The van der Waals surface area contributed by atoms with E-state index in [0.717, 1.165) is 11.1 Å². The van der Waals surface area contributed by atoms with E-state index in [1.54, 1.807) is 0 Å². The predicted octanol–water partition coefficient (Wildman–Crippen LogP) is 3.72. The van der Waals surface area contributed by atoms with Crippen molar-refractivity contribution >= 4 is 6.09 Å².